The highest BCUT2D eigenvalue weighted by atomic mass is 32.2. The zero-order chi connectivity index (χ0) is 12.1. The van der Waals surface area contributed by atoms with Crippen molar-refractivity contribution < 1.29 is 9.90 Å². The molecule has 0 spiro atoms. The molecule has 0 saturated carbocycles. The Morgan fingerprint density at radius 3 is 2.56 bits per heavy atom. The summed E-state index contributed by atoms with van der Waals surface area (Å²) in [5, 5.41) is 8.50. The van der Waals surface area contributed by atoms with Gasteiger partial charge in [0.25, 0.3) is 0 Å². The van der Waals surface area contributed by atoms with Crippen LogP contribution in [0.4, 0.5) is 0 Å². The molecule has 1 rings (SSSR count). The quantitative estimate of drug-likeness (QED) is 0.365. The van der Waals surface area contributed by atoms with Gasteiger partial charge in [0, 0.05) is 12.3 Å². The van der Waals surface area contributed by atoms with Crippen LogP contribution >= 0.6 is 11.8 Å². The number of carboxylic acid groups (broad SMARTS) is 1. The summed E-state index contributed by atoms with van der Waals surface area (Å²) in [5.41, 5.74) is 6.90. The molecule has 0 aliphatic rings. The number of nitrogens with zero attached hydrogens (tertiary/aromatic N) is 1. The normalized spacial score (nSPS) is 12.8. The van der Waals surface area contributed by atoms with Crippen LogP contribution in [0, 0.1) is 0 Å². The molecule has 0 aliphatic carbocycles. The topological polar surface area (TPSA) is 114 Å². The first-order valence-electron chi connectivity index (χ1n) is 4.72. The van der Waals surface area contributed by atoms with Crippen molar-refractivity contribution in [3.05, 3.63) is 20.7 Å². The average molecular weight is 247 g/mol. The maximum atomic E-state index is 10.5. The van der Waals surface area contributed by atoms with Crippen LogP contribution in [0.3, 0.4) is 0 Å². The Balaban J connectivity index is 1.97. The van der Waals surface area contributed by atoms with Gasteiger partial charge in [0.2, 0.25) is 0 Å². The molecule has 0 amide bonds. The maximum Gasteiger partial charge on any atom is 0.340 e. The molecule has 90 valence electrons. The van der Waals surface area contributed by atoms with Gasteiger partial charge in [-0.25, -0.2) is 0 Å². The second-order valence-corrected chi connectivity index (χ2v) is 4.42. The van der Waals surface area contributed by atoms with Crippen molar-refractivity contribution in [2.45, 2.75) is 12.5 Å². The van der Waals surface area contributed by atoms with Gasteiger partial charge in [0.05, 0.1) is 0 Å². The lowest BCUT2D eigenvalue weighted by atomic mass is 10.2. The molecular weight excluding hydrogens is 234 g/mol. The second kappa shape index (κ2) is 5.71. The smallest absolute Gasteiger partial charge is 0.340 e. The zero-order valence-electron chi connectivity index (χ0n) is 8.51. The Hall–Kier alpha value is -1.28. The Bertz CT molecular complexity index is 398. The number of carboxylic acids is 1. The molecular formula is C8H13N3O4S. The molecule has 16 heavy (non-hydrogen) atoms. The lowest BCUT2D eigenvalue weighted by Gasteiger charge is -2.05. The summed E-state index contributed by atoms with van der Waals surface area (Å²) in [5.74, 6) is 0.319. The van der Waals surface area contributed by atoms with Crippen molar-refractivity contribution in [1.82, 2.24) is 4.68 Å². The molecule has 4 N–H and O–H groups in total. The van der Waals surface area contributed by atoms with Gasteiger partial charge in [0.1, 0.15) is 6.04 Å². The van der Waals surface area contributed by atoms with Crippen LogP contribution in [0.5, 0.6) is 0 Å². The highest BCUT2D eigenvalue weighted by Gasteiger charge is 2.14. The van der Waals surface area contributed by atoms with Gasteiger partial charge in [-0.3, -0.25) is 14.4 Å². The first-order valence-corrected chi connectivity index (χ1v) is 5.87. The minimum absolute atomic E-state index is 0.404. The fourth-order valence-corrected chi connectivity index (χ4v) is 1.80. The monoisotopic (exact) mass is 247 g/mol. The van der Waals surface area contributed by atoms with E-state index in [0.29, 0.717) is 24.5 Å². The molecule has 1 aromatic heterocycles. The Labute approximate surface area is 95.3 Å². The Kier molecular flexibility index (Phi) is 4.56. The first-order chi connectivity index (χ1) is 7.54. The number of aromatic nitrogens is 1. The maximum absolute atomic E-state index is 10.5. The minimum atomic E-state index is -1.00. The number of thioether (sulfide) groups is 1. The van der Waals surface area contributed by atoms with E-state index in [1.807, 2.05) is 0 Å². The summed E-state index contributed by atoms with van der Waals surface area (Å²) < 4.78 is 0.948. The summed E-state index contributed by atoms with van der Waals surface area (Å²) >= 11 is 1.52. The zero-order valence-corrected chi connectivity index (χ0v) is 9.33. The molecule has 0 radical (unpaired) electrons. The van der Waals surface area contributed by atoms with Gasteiger partial charge in [-0.15, -0.1) is 0 Å². The number of hydrogen-bond donors (Lipinski definition) is 3. The fourth-order valence-electron chi connectivity index (χ4n) is 0.944. The predicted octanol–water partition coefficient (Wildman–Crippen LogP) is -1.84. The third-order valence-corrected chi connectivity index (χ3v) is 2.96. The van der Waals surface area contributed by atoms with E-state index in [2.05, 4.69) is 5.43 Å². The van der Waals surface area contributed by atoms with Gasteiger partial charge in [-0.2, -0.15) is 16.4 Å². The molecule has 0 aliphatic heterocycles. The van der Waals surface area contributed by atoms with Crippen molar-refractivity contribution in [3.63, 3.8) is 0 Å². The Morgan fingerprint density at radius 2 is 2.06 bits per heavy atom. The predicted molar refractivity (Wildman–Crippen MR) is 61.1 cm³/mol. The van der Waals surface area contributed by atoms with Gasteiger partial charge >= 0.3 is 17.1 Å². The number of aliphatic carboxylic acids is 1. The van der Waals surface area contributed by atoms with Crippen molar-refractivity contribution in [1.29, 1.82) is 0 Å². The summed E-state index contributed by atoms with van der Waals surface area (Å²) in [6, 6.07) is -0.823. The number of carbonyl (C=O) groups is 1. The van der Waals surface area contributed by atoms with E-state index in [-0.39, 0.29) is 0 Å². The van der Waals surface area contributed by atoms with Crippen LogP contribution in [-0.2, 0) is 4.79 Å². The number of hydrogen-bond acceptors (Lipinski definition) is 6. The van der Waals surface area contributed by atoms with E-state index < -0.39 is 23.1 Å². The van der Waals surface area contributed by atoms with E-state index in [0.717, 1.165) is 4.68 Å². The SMILES string of the molecule is N[C@@H](CCSCCNn1c(=O)c1=O)C(=O)O. The van der Waals surface area contributed by atoms with Crippen LogP contribution in [0.2, 0.25) is 0 Å². The molecule has 1 atom stereocenters. The summed E-state index contributed by atoms with van der Waals surface area (Å²) in [6.45, 7) is 0.491. The highest BCUT2D eigenvalue weighted by Crippen LogP contribution is 2.03. The average Bonchev–Trinajstić information content (AvgIpc) is 2.80. The number of rotatable bonds is 8. The van der Waals surface area contributed by atoms with Crippen molar-refractivity contribution in [3.8, 4) is 0 Å². The molecule has 1 heterocycles. The summed E-state index contributed by atoms with van der Waals surface area (Å²) in [6.07, 6.45) is 0.404. The fraction of sp³-hybridized carbons (Fsp3) is 0.625. The van der Waals surface area contributed by atoms with Crippen molar-refractivity contribution >= 4 is 17.7 Å². The molecule has 0 fully saturated rings. The van der Waals surface area contributed by atoms with Crippen LogP contribution in [0.15, 0.2) is 9.59 Å². The van der Waals surface area contributed by atoms with Crippen LogP contribution in [0.1, 0.15) is 6.42 Å². The lowest BCUT2D eigenvalue weighted by Crippen LogP contribution is -2.30. The molecule has 0 aromatic carbocycles. The van der Waals surface area contributed by atoms with Gasteiger partial charge in [-0.05, 0) is 12.2 Å². The van der Waals surface area contributed by atoms with Crippen LogP contribution < -0.4 is 22.3 Å². The Morgan fingerprint density at radius 1 is 1.44 bits per heavy atom. The second-order valence-electron chi connectivity index (χ2n) is 3.20. The highest BCUT2D eigenvalue weighted by molar-refractivity contribution is 7.99. The van der Waals surface area contributed by atoms with Crippen molar-refractivity contribution in [2.75, 3.05) is 23.5 Å². The van der Waals surface area contributed by atoms with E-state index >= 15 is 0 Å². The van der Waals surface area contributed by atoms with Gasteiger partial charge in [-0.1, -0.05) is 0 Å². The van der Waals surface area contributed by atoms with Crippen LogP contribution in [-0.4, -0.2) is 39.8 Å². The molecule has 1 aromatic rings. The number of nitrogens with two attached hydrogens (primary N) is 1. The molecule has 0 saturated heterocycles. The van der Waals surface area contributed by atoms with E-state index in [1.165, 1.54) is 11.8 Å². The molecule has 0 bridgehead atoms. The third-order valence-electron chi connectivity index (χ3n) is 1.95. The largest absolute Gasteiger partial charge is 0.480 e. The molecule has 0 unspecified atom stereocenters. The van der Waals surface area contributed by atoms with Crippen molar-refractivity contribution in [2.24, 2.45) is 5.73 Å². The molecule has 7 nitrogen and oxygen atoms in total. The molecule has 8 heteroatoms. The summed E-state index contributed by atoms with van der Waals surface area (Å²) in [7, 11) is 0. The minimum Gasteiger partial charge on any atom is -0.480 e. The van der Waals surface area contributed by atoms with Crippen LogP contribution in [0.25, 0.3) is 0 Å². The first kappa shape index (κ1) is 12.8. The van der Waals surface area contributed by atoms with E-state index in [4.69, 9.17) is 10.8 Å². The standard InChI is InChI=1S/C8H13N3O4S/c9-5(8(14)15)1-3-16-4-2-10-11-6(12)7(11)13/h5,10H,1-4,9H2,(H,14,15)/t5-/m0/s1. The lowest BCUT2D eigenvalue weighted by molar-refractivity contribution is -0.138. The van der Waals surface area contributed by atoms with Gasteiger partial charge in [0.15, 0.2) is 0 Å². The third kappa shape index (κ3) is 3.70. The van der Waals surface area contributed by atoms with E-state index in [1.54, 1.807) is 0 Å². The summed E-state index contributed by atoms with van der Waals surface area (Å²) in [4.78, 5) is 31.4. The van der Waals surface area contributed by atoms with E-state index in [9.17, 15) is 14.4 Å². The van der Waals surface area contributed by atoms with Gasteiger partial charge < -0.3 is 16.3 Å². The number of nitrogens with one attached hydrogen (secondary N) is 1.